The molecule has 1 saturated heterocycles. The van der Waals surface area contributed by atoms with Gasteiger partial charge in [-0.15, -0.1) is 0 Å². The molecule has 2 N–H and O–H groups in total. The van der Waals surface area contributed by atoms with E-state index in [0.717, 1.165) is 16.7 Å². The van der Waals surface area contributed by atoms with Crippen LogP contribution in [0.2, 0.25) is 0 Å². The monoisotopic (exact) mass is 473 g/mol. The summed E-state index contributed by atoms with van der Waals surface area (Å²) in [4.78, 5) is 28.2. The standard InChI is InChI=1S/C28H31N3O4/c1-19-12-14-21(15-13-19)30-28(33)31-17-23(22-10-7-11-25(34-2)26(22)35-3)24(18-31)27(32)29-16-20-8-5-4-6-9-20/h4-15,23-24H,16-18H2,1-3H3,(H,29,32)(H,30,33). The second kappa shape index (κ2) is 11.0. The molecule has 2 atom stereocenters. The van der Waals surface area contributed by atoms with E-state index in [-0.39, 0.29) is 17.9 Å². The first kappa shape index (κ1) is 24.1. The van der Waals surface area contributed by atoms with Gasteiger partial charge in [-0.25, -0.2) is 4.79 Å². The molecule has 1 heterocycles. The lowest BCUT2D eigenvalue weighted by Gasteiger charge is -2.21. The largest absolute Gasteiger partial charge is 0.493 e. The number of rotatable bonds is 7. The van der Waals surface area contributed by atoms with Crippen molar-refractivity contribution in [3.63, 3.8) is 0 Å². The Kier molecular flexibility index (Phi) is 7.55. The Balaban J connectivity index is 1.57. The number of ether oxygens (including phenoxy) is 2. The number of carbonyl (C=O) groups excluding carboxylic acids is 2. The van der Waals surface area contributed by atoms with Gasteiger partial charge in [-0.1, -0.05) is 60.2 Å². The zero-order valence-electron chi connectivity index (χ0n) is 20.3. The van der Waals surface area contributed by atoms with Crippen LogP contribution in [-0.4, -0.2) is 44.1 Å². The molecule has 7 heteroatoms. The molecule has 0 aromatic heterocycles. The number of carbonyl (C=O) groups is 2. The number of amides is 3. The van der Waals surface area contributed by atoms with E-state index in [0.29, 0.717) is 36.8 Å². The summed E-state index contributed by atoms with van der Waals surface area (Å²) >= 11 is 0. The lowest BCUT2D eigenvalue weighted by molar-refractivity contribution is -0.125. The molecular weight excluding hydrogens is 442 g/mol. The van der Waals surface area contributed by atoms with Gasteiger partial charge in [0.15, 0.2) is 11.5 Å². The quantitative estimate of drug-likeness (QED) is 0.527. The predicted octanol–water partition coefficient (Wildman–Crippen LogP) is 4.58. The Morgan fingerprint density at radius 3 is 2.34 bits per heavy atom. The number of nitrogens with one attached hydrogen (secondary N) is 2. The van der Waals surface area contributed by atoms with E-state index in [2.05, 4.69) is 10.6 Å². The van der Waals surface area contributed by atoms with Crippen LogP contribution >= 0.6 is 0 Å². The zero-order valence-corrected chi connectivity index (χ0v) is 20.3. The molecule has 3 aromatic rings. The third-order valence-corrected chi connectivity index (χ3v) is 6.39. The fraction of sp³-hybridized carbons (Fsp3) is 0.286. The first-order valence-corrected chi connectivity index (χ1v) is 11.6. The molecule has 0 bridgehead atoms. The van der Waals surface area contributed by atoms with E-state index < -0.39 is 5.92 Å². The van der Waals surface area contributed by atoms with Crippen LogP contribution in [0.5, 0.6) is 11.5 Å². The maximum absolute atomic E-state index is 13.4. The lowest BCUT2D eigenvalue weighted by Crippen LogP contribution is -2.36. The summed E-state index contributed by atoms with van der Waals surface area (Å²) in [5, 5.41) is 6.00. The molecule has 1 fully saturated rings. The second-order valence-electron chi connectivity index (χ2n) is 8.70. The highest BCUT2D eigenvalue weighted by molar-refractivity contribution is 5.91. The number of methoxy groups -OCH3 is 2. The van der Waals surface area contributed by atoms with Crippen molar-refractivity contribution in [2.75, 3.05) is 32.6 Å². The number of hydrogen-bond donors (Lipinski definition) is 2. The fourth-order valence-corrected chi connectivity index (χ4v) is 4.51. The van der Waals surface area contributed by atoms with Crippen LogP contribution in [0, 0.1) is 12.8 Å². The summed E-state index contributed by atoms with van der Waals surface area (Å²) < 4.78 is 11.1. The third-order valence-electron chi connectivity index (χ3n) is 6.39. The Labute approximate surface area is 206 Å². The molecule has 0 aliphatic carbocycles. The van der Waals surface area contributed by atoms with Crippen LogP contribution in [0.4, 0.5) is 10.5 Å². The number of anilines is 1. The Hall–Kier alpha value is -4.00. The minimum absolute atomic E-state index is 0.102. The maximum Gasteiger partial charge on any atom is 0.321 e. The van der Waals surface area contributed by atoms with Crippen molar-refractivity contribution in [3.8, 4) is 11.5 Å². The van der Waals surface area contributed by atoms with E-state index in [4.69, 9.17) is 9.47 Å². The molecule has 1 aliphatic heterocycles. The average Bonchev–Trinajstić information content (AvgIpc) is 3.34. The van der Waals surface area contributed by atoms with Crippen LogP contribution in [-0.2, 0) is 11.3 Å². The van der Waals surface area contributed by atoms with Crippen molar-refractivity contribution in [1.29, 1.82) is 0 Å². The van der Waals surface area contributed by atoms with Crippen LogP contribution < -0.4 is 20.1 Å². The summed E-state index contributed by atoms with van der Waals surface area (Å²) in [5.41, 5.74) is 3.69. The number of likely N-dealkylation sites (tertiary alicyclic amines) is 1. The minimum Gasteiger partial charge on any atom is -0.493 e. The topological polar surface area (TPSA) is 79.9 Å². The zero-order chi connectivity index (χ0) is 24.8. The normalized spacial score (nSPS) is 17.1. The van der Waals surface area contributed by atoms with Gasteiger partial charge in [-0.05, 0) is 30.7 Å². The average molecular weight is 474 g/mol. The first-order chi connectivity index (χ1) is 17.0. The van der Waals surface area contributed by atoms with Gasteiger partial charge in [0, 0.05) is 36.8 Å². The molecule has 7 nitrogen and oxygen atoms in total. The number of para-hydroxylation sites is 1. The predicted molar refractivity (Wildman–Crippen MR) is 136 cm³/mol. The van der Waals surface area contributed by atoms with Gasteiger partial charge in [0.05, 0.1) is 20.1 Å². The molecule has 35 heavy (non-hydrogen) atoms. The number of hydrogen-bond acceptors (Lipinski definition) is 4. The molecule has 182 valence electrons. The van der Waals surface area contributed by atoms with Gasteiger partial charge in [0.1, 0.15) is 0 Å². The molecule has 4 rings (SSSR count). The van der Waals surface area contributed by atoms with Crippen molar-refractivity contribution in [3.05, 3.63) is 89.5 Å². The lowest BCUT2D eigenvalue weighted by atomic mass is 9.87. The van der Waals surface area contributed by atoms with Gasteiger partial charge < -0.3 is 25.0 Å². The summed E-state index contributed by atoms with van der Waals surface area (Å²) in [6.07, 6.45) is 0. The summed E-state index contributed by atoms with van der Waals surface area (Å²) in [7, 11) is 3.17. The summed E-state index contributed by atoms with van der Waals surface area (Å²) in [6.45, 7) is 3.10. The van der Waals surface area contributed by atoms with Crippen LogP contribution in [0.3, 0.4) is 0 Å². The molecule has 0 saturated carbocycles. The third kappa shape index (κ3) is 5.57. The SMILES string of the molecule is COc1cccc(C2CN(C(=O)Nc3ccc(C)cc3)CC2C(=O)NCc2ccccc2)c1OC. The van der Waals surface area contributed by atoms with E-state index in [1.54, 1.807) is 19.1 Å². The second-order valence-corrected chi connectivity index (χ2v) is 8.70. The molecule has 0 radical (unpaired) electrons. The Morgan fingerprint density at radius 2 is 1.66 bits per heavy atom. The molecule has 1 aliphatic rings. The van der Waals surface area contributed by atoms with Crippen molar-refractivity contribution in [1.82, 2.24) is 10.2 Å². The van der Waals surface area contributed by atoms with Crippen LogP contribution in [0.15, 0.2) is 72.8 Å². The smallest absolute Gasteiger partial charge is 0.321 e. The van der Waals surface area contributed by atoms with E-state index in [1.165, 1.54) is 0 Å². The summed E-state index contributed by atoms with van der Waals surface area (Å²) in [5.74, 6) is 0.384. The van der Waals surface area contributed by atoms with Crippen molar-refractivity contribution in [2.45, 2.75) is 19.4 Å². The molecule has 2 unspecified atom stereocenters. The minimum atomic E-state index is -0.441. The van der Waals surface area contributed by atoms with Crippen molar-refractivity contribution >= 4 is 17.6 Å². The van der Waals surface area contributed by atoms with E-state index in [9.17, 15) is 9.59 Å². The molecule has 0 spiro atoms. The van der Waals surface area contributed by atoms with Crippen LogP contribution in [0.25, 0.3) is 0 Å². The highest BCUT2D eigenvalue weighted by atomic mass is 16.5. The van der Waals surface area contributed by atoms with Gasteiger partial charge in [0.2, 0.25) is 5.91 Å². The van der Waals surface area contributed by atoms with Crippen molar-refractivity contribution in [2.24, 2.45) is 5.92 Å². The highest BCUT2D eigenvalue weighted by Crippen LogP contribution is 2.42. The molecule has 3 amide bonds. The Morgan fingerprint density at radius 1 is 0.914 bits per heavy atom. The van der Waals surface area contributed by atoms with Gasteiger partial charge in [-0.3, -0.25) is 4.79 Å². The fourth-order valence-electron chi connectivity index (χ4n) is 4.51. The summed E-state index contributed by atoms with van der Waals surface area (Å²) in [6, 6.07) is 22.8. The number of aryl methyl sites for hydroxylation is 1. The maximum atomic E-state index is 13.4. The van der Waals surface area contributed by atoms with Gasteiger partial charge in [-0.2, -0.15) is 0 Å². The van der Waals surface area contributed by atoms with E-state index in [1.807, 2.05) is 79.7 Å². The van der Waals surface area contributed by atoms with Gasteiger partial charge >= 0.3 is 6.03 Å². The van der Waals surface area contributed by atoms with E-state index >= 15 is 0 Å². The van der Waals surface area contributed by atoms with Crippen molar-refractivity contribution < 1.29 is 19.1 Å². The van der Waals surface area contributed by atoms with Crippen LogP contribution in [0.1, 0.15) is 22.6 Å². The Bertz CT molecular complexity index is 1160. The molecular formula is C28H31N3O4. The van der Waals surface area contributed by atoms with Gasteiger partial charge in [0.25, 0.3) is 0 Å². The highest BCUT2D eigenvalue weighted by Gasteiger charge is 2.42. The first-order valence-electron chi connectivity index (χ1n) is 11.6. The number of urea groups is 1. The number of nitrogens with zero attached hydrogens (tertiary/aromatic N) is 1. The number of benzene rings is 3. The molecule has 3 aromatic carbocycles.